The number of primary amides is 1. The summed E-state index contributed by atoms with van der Waals surface area (Å²) in [7, 11) is 0. The quantitative estimate of drug-likeness (QED) is 0.677. The Bertz CT molecular complexity index is 228. The maximum atomic E-state index is 11.0. The summed E-state index contributed by atoms with van der Waals surface area (Å²) >= 11 is 0. The number of carboxylic acid groups (broad SMARTS) is 1. The van der Waals surface area contributed by atoms with Crippen LogP contribution in [0.4, 0.5) is 0 Å². The Hall–Kier alpha value is -1.06. The summed E-state index contributed by atoms with van der Waals surface area (Å²) in [5.74, 6) is -1.36. The molecule has 0 aliphatic heterocycles. The van der Waals surface area contributed by atoms with E-state index < -0.39 is 11.9 Å². The highest BCUT2D eigenvalue weighted by atomic mass is 16.4. The lowest BCUT2D eigenvalue weighted by molar-refractivity contribution is -0.139. The van der Waals surface area contributed by atoms with Gasteiger partial charge in [0.2, 0.25) is 5.91 Å². The van der Waals surface area contributed by atoms with Gasteiger partial charge in [0, 0.05) is 12.3 Å². The van der Waals surface area contributed by atoms with Crippen LogP contribution in [0.3, 0.4) is 0 Å². The van der Waals surface area contributed by atoms with Gasteiger partial charge in [-0.05, 0) is 18.3 Å². The Labute approximate surface area is 90.8 Å². The van der Waals surface area contributed by atoms with Gasteiger partial charge in [-0.15, -0.1) is 0 Å². The standard InChI is InChI=1S/C11H21NO3/c1-4-7(2)5-9(6-10(13)14)8(3)11(12)15/h7-9H,4-6H2,1-3H3,(H2,12,15)(H,13,14)/t7?,8-,9?/m1/s1. The topological polar surface area (TPSA) is 80.4 Å². The van der Waals surface area contributed by atoms with Gasteiger partial charge in [-0.1, -0.05) is 27.2 Å². The second kappa shape index (κ2) is 6.43. The van der Waals surface area contributed by atoms with Gasteiger partial charge in [-0.3, -0.25) is 9.59 Å². The summed E-state index contributed by atoms with van der Waals surface area (Å²) in [5, 5.41) is 8.75. The fraction of sp³-hybridized carbons (Fsp3) is 0.818. The number of rotatable bonds is 7. The van der Waals surface area contributed by atoms with Gasteiger partial charge < -0.3 is 10.8 Å². The van der Waals surface area contributed by atoms with Crippen molar-refractivity contribution in [2.75, 3.05) is 0 Å². The summed E-state index contributed by atoms with van der Waals surface area (Å²) in [5.41, 5.74) is 5.20. The lowest BCUT2D eigenvalue weighted by Gasteiger charge is -2.22. The van der Waals surface area contributed by atoms with Crippen LogP contribution in [0.25, 0.3) is 0 Å². The van der Waals surface area contributed by atoms with E-state index in [1.807, 2.05) is 0 Å². The van der Waals surface area contributed by atoms with E-state index in [0.717, 1.165) is 12.8 Å². The van der Waals surface area contributed by atoms with Crippen molar-refractivity contribution in [2.45, 2.75) is 40.0 Å². The van der Waals surface area contributed by atoms with Crippen molar-refractivity contribution in [3.05, 3.63) is 0 Å². The van der Waals surface area contributed by atoms with E-state index in [9.17, 15) is 9.59 Å². The predicted molar refractivity (Wildman–Crippen MR) is 58.2 cm³/mol. The summed E-state index contributed by atoms with van der Waals surface area (Å²) < 4.78 is 0. The van der Waals surface area contributed by atoms with E-state index in [4.69, 9.17) is 10.8 Å². The molecule has 0 spiro atoms. The molecule has 4 nitrogen and oxygen atoms in total. The first-order valence-electron chi connectivity index (χ1n) is 5.39. The molecule has 3 N–H and O–H groups in total. The highest BCUT2D eigenvalue weighted by molar-refractivity contribution is 5.77. The van der Waals surface area contributed by atoms with E-state index in [-0.39, 0.29) is 18.3 Å². The minimum atomic E-state index is -0.864. The number of aliphatic carboxylic acids is 1. The van der Waals surface area contributed by atoms with E-state index in [2.05, 4.69) is 13.8 Å². The Morgan fingerprint density at radius 1 is 1.33 bits per heavy atom. The van der Waals surface area contributed by atoms with Gasteiger partial charge in [-0.25, -0.2) is 0 Å². The van der Waals surface area contributed by atoms with Crippen LogP contribution >= 0.6 is 0 Å². The number of nitrogens with two attached hydrogens (primary N) is 1. The number of carbonyl (C=O) groups excluding carboxylic acids is 1. The fourth-order valence-electron chi connectivity index (χ4n) is 1.60. The largest absolute Gasteiger partial charge is 0.481 e. The number of amides is 1. The van der Waals surface area contributed by atoms with Gasteiger partial charge in [0.05, 0.1) is 0 Å². The zero-order valence-corrected chi connectivity index (χ0v) is 9.69. The average molecular weight is 215 g/mol. The Morgan fingerprint density at radius 3 is 2.20 bits per heavy atom. The Balaban J connectivity index is 4.42. The molecule has 0 rings (SSSR count). The van der Waals surface area contributed by atoms with Crippen molar-refractivity contribution in [1.82, 2.24) is 0 Å². The Morgan fingerprint density at radius 2 is 1.87 bits per heavy atom. The van der Waals surface area contributed by atoms with E-state index in [0.29, 0.717) is 5.92 Å². The lowest BCUT2D eigenvalue weighted by Crippen LogP contribution is -2.30. The second-order valence-electron chi connectivity index (χ2n) is 4.30. The van der Waals surface area contributed by atoms with Crippen molar-refractivity contribution < 1.29 is 14.7 Å². The van der Waals surface area contributed by atoms with Crippen molar-refractivity contribution in [2.24, 2.45) is 23.5 Å². The maximum Gasteiger partial charge on any atom is 0.303 e. The van der Waals surface area contributed by atoms with Crippen LogP contribution in [0.2, 0.25) is 0 Å². The molecular weight excluding hydrogens is 194 g/mol. The molecule has 1 amide bonds. The average Bonchev–Trinajstić information content (AvgIpc) is 2.14. The minimum absolute atomic E-state index is 0.0223. The van der Waals surface area contributed by atoms with Crippen LogP contribution in [-0.2, 0) is 9.59 Å². The smallest absolute Gasteiger partial charge is 0.303 e. The zero-order chi connectivity index (χ0) is 12.0. The molecule has 0 fully saturated rings. The third kappa shape index (κ3) is 5.40. The zero-order valence-electron chi connectivity index (χ0n) is 9.69. The lowest BCUT2D eigenvalue weighted by atomic mass is 9.82. The van der Waals surface area contributed by atoms with Gasteiger partial charge in [0.25, 0.3) is 0 Å². The molecule has 15 heavy (non-hydrogen) atoms. The summed E-state index contributed by atoms with van der Waals surface area (Å²) in [6.07, 6.45) is 1.75. The van der Waals surface area contributed by atoms with Gasteiger partial charge >= 0.3 is 5.97 Å². The summed E-state index contributed by atoms with van der Waals surface area (Å²) in [6, 6.07) is 0. The molecule has 0 bridgehead atoms. The number of hydrogen-bond acceptors (Lipinski definition) is 2. The fourth-order valence-corrected chi connectivity index (χ4v) is 1.60. The Kier molecular flexibility index (Phi) is 5.97. The monoisotopic (exact) mass is 215 g/mol. The summed E-state index contributed by atoms with van der Waals surface area (Å²) in [6.45, 7) is 5.82. The molecule has 0 aliphatic rings. The number of hydrogen-bond donors (Lipinski definition) is 2. The van der Waals surface area contributed by atoms with Gasteiger partial charge in [0.1, 0.15) is 0 Å². The minimum Gasteiger partial charge on any atom is -0.481 e. The van der Waals surface area contributed by atoms with E-state index in [1.54, 1.807) is 6.92 Å². The molecule has 0 saturated heterocycles. The van der Waals surface area contributed by atoms with Crippen LogP contribution in [0.5, 0.6) is 0 Å². The second-order valence-corrected chi connectivity index (χ2v) is 4.30. The molecule has 4 heteroatoms. The van der Waals surface area contributed by atoms with Crippen molar-refractivity contribution in [3.63, 3.8) is 0 Å². The highest BCUT2D eigenvalue weighted by Gasteiger charge is 2.25. The molecule has 0 aromatic rings. The van der Waals surface area contributed by atoms with Crippen molar-refractivity contribution in [1.29, 1.82) is 0 Å². The van der Waals surface area contributed by atoms with Crippen molar-refractivity contribution >= 4 is 11.9 Å². The first kappa shape index (κ1) is 13.9. The first-order valence-corrected chi connectivity index (χ1v) is 5.39. The van der Waals surface area contributed by atoms with Crippen LogP contribution < -0.4 is 5.73 Å². The predicted octanol–water partition coefficient (Wildman–Crippen LogP) is 1.63. The third-order valence-corrected chi connectivity index (χ3v) is 2.99. The molecule has 3 atom stereocenters. The first-order chi connectivity index (χ1) is 6.88. The molecule has 88 valence electrons. The van der Waals surface area contributed by atoms with Crippen LogP contribution in [-0.4, -0.2) is 17.0 Å². The van der Waals surface area contributed by atoms with Gasteiger partial charge in [0.15, 0.2) is 0 Å². The number of carbonyl (C=O) groups is 2. The van der Waals surface area contributed by atoms with Gasteiger partial charge in [-0.2, -0.15) is 0 Å². The van der Waals surface area contributed by atoms with E-state index in [1.165, 1.54) is 0 Å². The molecule has 0 saturated carbocycles. The third-order valence-electron chi connectivity index (χ3n) is 2.99. The molecule has 2 unspecified atom stereocenters. The molecular formula is C11H21NO3. The SMILES string of the molecule is CCC(C)CC(CC(=O)O)[C@@H](C)C(N)=O. The van der Waals surface area contributed by atoms with Crippen molar-refractivity contribution in [3.8, 4) is 0 Å². The van der Waals surface area contributed by atoms with E-state index >= 15 is 0 Å². The number of carboxylic acids is 1. The van der Waals surface area contributed by atoms with Crippen LogP contribution in [0.15, 0.2) is 0 Å². The maximum absolute atomic E-state index is 11.0. The molecule has 0 heterocycles. The molecule has 0 aromatic heterocycles. The van der Waals surface area contributed by atoms with Crippen LogP contribution in [0, 0.1) is 17.8 Å². The highest BCUT2D eigenvalue weighted by Crippen LogP contribution is 2.25. The molecule has 0 aliphatic carbocycles. The normalized spacial score (nSPS) is 16.7. The van der Waals surface area contributed by atoms with Crippen LogP contribution in [0.1, 0.15) is 40.0 Å². The molecule has 0 radical (unpaired) electrons. The molecule has 0 aromatic carbocycles. The summed E-state index contributed by atoms with van der Waals surface area (Å²) in [4.78, 5) is 21.7.